The molecule has 0 saturated carbocycles. The number of nitrogen functional groups attached to an aromatic ring is 1. The second kappa shape index (κ2) is 2.80. The van der Waals surface area contributed by atoms with Crippen LogP contribution in [0.25, 0.3) is 0 Å². The minimum absolute atomic E-state index is 0.431. The van der Waals surface area contributed by atoms with Crippen molar-refractivity contribution in [2.24, 2.45) is 5.18 Å². The van der Waals surface area contributed by atoms with Gasteiger partial charge in [0.1, 0.15) is 11.4 Å². The summed E-state index contributed by atoms with van der Waals surface area (Å²) < 4.78 is 37.2. The Balaban J connectivity index is 3.49. The average molecular weight is 176 g/mol. The molecule has 64 valence electrons. The van der Waals surface area contributed by atoms with Gasteiger partial charge in [-0.15, -0.1) is 4.91 Å². The molecule has 0 unspecified atom stereocenters. The first-order chi connectivity index (χ1) is 5.57. The van der Waals surface area contributed by atoms with E-state index in [-0.39, 0.29) is 0 Å². The lowest BCUT2D eigenvalue weighted by atomic mass is 10.2. The van der Waals surface area contributed by atoms with Crippen LogP contribution < -0.4 is 5.73 Å². The summed E-state index contributed by atoms with van der Waals surface area (Å²) in [6.07, 6.45) is 0. The zero-order valence-corrected chi connectivity index (χ0v) is 5.64. The molecule has 6 heteroatoms. The van der Waals surface area contributed by atoms with Crippen molar-refractivity contribution in [1.82, 2.24) is 0 Å². The van der Waals surface area contributed by atoms with Crippen LogP contribution in [0.2, 0.25) is 0 Å². The highest BCUT2D eigenvalue weighted by Crippen LogP contribution is 2.28. The van der Waals surface area contributed by atoms with E-state index in [0.29, 0.717) is 6.07 Å². The molecule has 1 rings (SSSR count). The Kier molecular flexibility index (Phi) is 1.99. The van der Waals surface area contributed by atoms with Crippen LogP contribution >= 0.6 is 0 Å². The first-order valence-corrected chi connectivity index (χ1v) is 2.84. The molecule has 3 nitrogen and oxygen atoms in total. The number of anilines is 1. The van der Waals surface area contributed by atoms with Gasteiger partial charge in [-0.3, -0.25) is 0 Å². The number of nitroso groups, excluding NO2 is 1. The van der Waals surface area contributed by atoms with E-state index < -0.39 is 28.8 Å². The van der Waals surface area contributed by atoms with E-state index in [1.807, 2.05) is 0 Å². The van der Waals surface area contributed by atoms with Crippen molar-refractivity contribution >= 4 is 11.4 Å². The normalized spacial score (nSPS) is 9.92. The molecule has 0 bridgehead atoms. The van der Waals surface area contributed by atoms with E-state index in [0.717, 1.165) is 0 Å². The van der Waals surface area contributed by atoms with Crippen molar-refractivity contribution in [2.75, 3.05) is 5.73 Å². The summed E-state index contributed by atoms with van der Waals surface area (Å²) in [5.74, 6) is -4.79. The number of rotatable bonds is 1. The summed E-state index contributed by atoms with van der Waals surface area (Å²) in [5, 5.41) is 2.21. The molecule has 1 aromatic rings. The molecule has 0 fully saturated rings. The SMILES string of the molecule is Nc1c(N=O)cc(F)c(F)c1F. The second-order valence-corrected chi connectivity index (χ2v) is 2.01. The van der Waals surface area contributed by atoms with Gasteiger partial charge in [-0.2, -0.15) is 0 Å². The van der Waals surface area contributed by atoms with Crippen LogP contribution in [0.4, 0.5) is 24.5 Å². The zero-order chi connectivity index (χ0) is 9.30. The van der Waals surface area contributed by atoms with Crippen molar-refractivity contribution in [3.05, 3.63) is 28.4 Å². The van der Waals surface area contributed by atoms with Gasteiger partial charge in [-0.1, -0.05) is 0 Å². The van der Waals surface area contributed by atoms with Crippen molar-refractivity contribution in [1.29, 1.82) is 0 Å². The Morgan fingerprint density at radius 3 is 2.33 bits per heavy atom. The number of hydrogen-bond donors (Lipinski definition) is 1. The highest BCUT2D eigenvalue weighted by atomic mass is 19.2. The first kappa shape index (κ1) is 8.51. The minimum atomic E-state index is -1.71. The second-order valence-electron chi connectivity index (χ2n) is 2.01. The Morgan fingerprint density at radius 2 is 1.83 bits per heavy atom. The lowest BCUT2D eigenvalue weighted by Gasteiger charge is -2.00. The fourth-order valence-corrected chi connectivity index (χ4v) is 0.672. The van der Waals surface area contributed by atoms with Crippen LogP contribution in [0.1, 0.15) is 0 Å². The van der Waals surface area contributed by atoms with Gasteiger partial charge in [0.2, 0.25) is 0 Å². The maximum atomic E-state index is 12.5. The van der Waals surface area contributed by atoms with Crippen molar-refractivity contribution < 1.29 is 13.2 Å². The number of nitrogens with two attached hydrogens (primary N) is 1. The van der Waals surface area contributed by atoms with Gasteiger partial charge in [0.05, 0.1) is 0 Å². The molecule has 0 aliphatic heterocycles. The molecule has 0 amide bonds. The molecule has 2 N–H and O–H groups in total. The Bertz CT molecular complexity index is 340. The summed E-state index contributed by atoms with van der Waals surface area (Å²) in [4.78, 5) is 9.86. The van der Waals surface area contributed by atoms with Crippen LogP contribution in [0.15, 0.2) is 11.2 Å². The van der Waals surface area contributed by atoms with Gasteiger partial charge >= 0.3 is 0 Å². The maximum absolute atomic E-state index is 12.5. The van der Waals surface area contributed by atoms with Crippen molar-refractivity contribution in [2.45, 2.75) is 0 Å². The molecule has 0 radical (unpaired) electrons. The summed E-state index contributed by atoms with van der Waals surface area (Å²) in [5.41, 5.74) is 3.45. The predicted octanol–water partition coefficient (Wildman–Crippen LogP) is 2.08. The quantitative estimate of drug-likeness (QED) is 0.404. The van der Waals surface area contributed by atoms with E-state index in [4.69, 9.17) is 5.73 Å². The monoisotopic (exact) mass is 176 g/mol. The topological polar surface area (TPSA) is 55.4 Å². The minimum Gasteiger partial charge on any atom is -0.394 e. The Hall–Kier alpha value is -1.59. The van der Waals surface area contributed by atoms with Gasteiger partial charge < -0.3 is 5.73 Å². The fourth-order valence-electron chi connectivity index (χ4n) is 0.672. The van der Waals surface area contributed by atoms with Gasteiger partial charge in [0.15, 0.2) is 17.5 Å². The maximum Gasteiger partial charge on any atom is 0.196 e. The van der Waals surface area contributed by atoms with Gasteiger partial charge in [0.25, 0.3) is 0 Å². The number of hydrogen-bond acceptors (Lipinski definition) is 3. The highest BCUT2D eigenvalue weighted by molar-refractivity contribution is 5.63. The molecule has 0 aromatic heterocycles. The molecule has 1 aromatic carbocycles. The molecule has 0 atom stereocenters. The van der Waals surface area contributed by atoms with Crippen molar-refractivity contribution in [3.63, 3.8) is 0 Å². The van der Waals surface area contributed by atoms with Crippen LogP contribution in [0.3, 0.4) is 0 Å². The number of halogens is 3. The van der Waals surface area contributed by atoms with Crippen LogP contribution in [-0.4, -0.2) is 0 Å². The molecule has 0 aliphatic carbocycles. The third-order valence-corrected chi connectivity index (χ3v) is 1.28. The van der Waals surface area contributed by atoms with E-state index in [1.54, 1.807) is 0 Å². The lowest BCUT2D eigenvalue weighted by Crippen LogP contribution is -1.97. The average Bonchev–Trinajstić information content (AvgIpc) is 2.08. The van der Waals surface area contributed by atoms with Crippen LogP contribution in [0.5, 0.6) is 0 Å². The van der Waals surface area contributed by atoms with Crippen LogP contribution in [0, 0.1) is 22.4 Å². The van der Waals surface area contributed by atoms with E-state index in [9.17, 15) is 18.1 Å². The molecular formula is C6H3F3N2O. The van der Waals surface area contributed by atoms with Gasteiger partial charge in [-0.25, -0.2) is 13.2 Å². The molecule has 0 saturated heterocycles. The lowest BCUT2D eigenvalue weighted by molar-refractivity contribution is 0.450. The summed E-state index contributed by atoms with van der Waals surface area (Å²) in [6, 6.07) is 0.431. The predicted molar refractivity (Wildman–Crippen MR) is 36.2 cm³/mol. The van der Waals surface area contributed by atoms with Crippen molar-refractivity contribution in [3.8, 4) is 0 Å². The number of nitrogens with zero attached hydrogens (tertiary/aromatic N) is 1. The standard InChI is InChI=1S/C6H3F3N2O/c7-2-1-3(11-12)6(10)5(9)4(2)8/h1H,10H2. The van der Waals surface area contributed by atoms with E-state index in [2.05, 4.69) is 5.18 Å². The summed E-state index contributed by atoms with van der Waals surface area (Å²) in [6.45, 7) is 0. The molecule has 0 spiro atoms. The third kappa shape index (κ3) is 1.11. The first-order valence-electron chi connectivity index (χ1n) is 2.84. The highest BCUT2D eigenvalue weighted by Gasteiger charge is 2.16. The van der Waals surface area contributed by atoms with E-state index in [1.165, 1.54) is 0 Å². The Morgan fingerprint density at radius 1 is 1.25 bits per heavy atom. The van der Waals surface area contributed by atoms with Gasteiger partial charge in [0, 0.05) is 6.07 Å². The van der Waals surface area contributed by atoms with Gasteiger partial charge in [-0.05, 0) is 5.18 Å². The van der Waals surface area contributed by atoms with Crippen LogP contribution in [-0.2, 0) is 0 Å². The fraction of sp³-hybridized carbons (Fsp3) is 0. The summed E-state index contributed by atoms with van der Waals surface area (Å²) in [7, 11) is 0. The number of benzene rings is 1. The Labute approximate surface area is 65.0 Å². The molecule has 0 aliphatic rings. The molecular weight excluding hydrogens is 173 g/mol. The zero-order valence-electron chi connectivity index (χ0n) is 5.64. The largest absolute Gasteiger partial charge is 0.394 e. The molecule has 0 heterocycles. The smallest absolute Gasteiger partial charge is 0.196 e. The molecule has 12 heavy (non-hydrogen) atoms. The summed E-state index contributed by atoms with van der Waals surface area (Å²) >= 11 is 0. The third-order valence-electron chi connectivity index (χ3n) is 1.28. The van der Waals surface area contributed by atoms with E-state index >= 15 is 0 Å².